The van der Waals surface area contributed by atoms with E-state index in [4.69, 9.17) is 11.6 Å². The second kappa shape index (κ2) is 10.1. The van der Waals surface area contributed by atoms with Gasteiger partial charge in [-0.25, -0.2) is 8.42 Å². The second-order valence-electron chi connectivity index (χ2n) is 7.56. The minimum atomic E-state index is -3.57. The average molecular weight is 490 g/mol. The summed E-state index contributed by atoms with van der Waals surface area (Å²) in [7, 11) is -3.57. The van der Waals surface area contributed by atoms with E-state index in [0.29, 0.717) is 31.2 Å². The van der Waals surface area contributed by atoms with Crippen molar-refractivity contribution in [2.45, 2.75) is 10.9 Å². The van der Waals surface area contributed by atoms with Crippen LogP contribution in [0.2, 0.25) is 5.02 Å². The fourth-order valence-electron chi connectivity index (χ4n) is 3.71. The van der Waals surface area contributed by atoms with E-state index in [9.17, 15) is 13.2 Å². The van der Waals surface area contributed by atoms with Crippen LogP contribution in [-0.2, 0) is 14.8 Å². The van der Waals surface area contributed by atoms with Crippen LogP contribution in [0.1, 0.15) is 16.5 Å². The molecule has 1 fully saturated rings. The van der Waals surface area contributed by atoms with E-state index in [1.54, 1.807) is 23.5 Å². The van der Waals surface area contributed by atoms with Crippen LogP contribution in [0.3, 0.4) is 0 Å². The van der Waals surface area contributed by atoms with Crippen LogP contribution in [0, 0.1) is 0 Å². The Bertz CT molecular complexity index is 1130. The summed E-state index contributed by atoms with van der Waals surface area (Å²) in [6, 6.07) is 19.9. The van der Waals surface area contributed by atoms with Crippen molar-refractivity contribution in [2.24, 2.45) is 0 Å². The van der Waals surface area contributed by atoms with Gasteiger partial charge in [0.05, 0.1) is 17.5 Å². The molecule has 1 aliphatic heterocycles. The van der Waals surface area contributed by atoms with Crippen LogP contribution in [0.5, 0.6) is 0 Å². The highest BCUT2D eigenvalue weighted by atomic mass is 35.5. The highest BCUT2D eigenvalue weighted by Gasteiger charge is 2.29. The molecule has 1 saturated heterocycles. The minimum Gasteiger partial charge on any atom is -0.343 e. The Kier molecular flexibility index (Phi) is 7.27. The van der Waals surface area contributed by atoms with Crippen LogP contribution < -0.4 is 5.32 Å². The smallest absolute Gasteiger partial charge is 0.243 e. The van der Waals surface area contributed by atoms with Gasteiger partial charge in [-0.15, -0.1) is 11.3 Å². The number of hydrogen-bond acceptors (Lipinski definition) is 5. The number of nitrogens with zero attached hydrogens (tertiary/aromatic N) is 2. The number of sulfonamides is 1. The molecule has 4 rings (SSSR count). The van der Waals surface area contributed by atoms with Gasteiger partial charge >= 0.3 is 0 Å². The molecular weight excluding hydrogens is 466 g/mol. The van der Waals surface area contributed by atoms with Gasteiger partial charge in [0.25, 0.3) is 0 Å². The monoisotopic (exact) mass is 489 g/mol. The van der Waals surface area contributed by atoms with Crippen LogP contribution in [0.15, 0.2) is 77.0 Å². The lowest BCUT2D eigenvalue weighted by molar-refractivity contribution is -0.123. The van der Waals surface area contributed by atoms with Crippen molar-refractivity contribution in [3.8, 4) is 0 Å². The molecule has 1 N–H and O–H groups in total. The van der Waals surface area contributed by atoms with Crippen molar-refractivity contribution < 1.29 is 13.2 Å². The van der Waals surface area contributed by atoms with E-state index in [0.717, 1.165) is 10.4 Å². The maximum Gasteiger partial charge on any atom is 0.243 e. The first-order chi connectivity index (χ1) is 15.4. The first kappa shape index (κ1) is 22.9. The third kappa shape index (κ3) is 5.39. The summed E-state index contributed by atoms with van der Waals surface area (Å²) in [5.74, 6) is -0.0822. The maximum absolute atomic E-state index is 12.8. The highest BCUT2D eigenvalue weighted by molar-refractivity contribution is 7.89. The van der Waals surface area contributed by atoms with Gasteiger partial charge in [-0.3, -0.25) is 9.69 Å². The van der Waals surface area contributed by atoms with E-state index in [1.165, 1.54) is 16.4 Å². The topological polar surface area (TPSA) is 69.7 Å². The molecule has 168 valence electrons. The molecule has 1 unspecified atom stereocenters. The molecule has 0 aliphatic carbocycles. The number of hydrogen-bond donors (Lipinski definition) is 1. The van der Waals surface area contributed by atoms with Crippen molar-refractivity contribution in [1.29, 1.82) is 0 Å². The summed E-state index contributed by atoms with van der Waals surface area (Å²) in [5, 5.41) is 5.64. The zero-order chi connectivity index (χ0) is 22.6. The summed E-state index contributed by atoms with van der Waals surface area (Å²) >= 11 is 7.48. The van der Waals surface area contributed by atoms with E-state index >= 15 is 0 Å². The summed E-state index contributed by atoms with van der Waals surface area (Å²) in [5.41, 5.74) is 1.03. The van der Waals surface area contributed by atoms with Crippen molar-refractivity contribution in [3.05, 3.63) is 87.6 Å². The Morgan fingerprint density at radius 3 is 2.28 bits per heavy atom. The summed E-state index contributed by atoms with van der Waals surface area (Å²) in [4.78, 5) is 16.1. The van der Waals surface area contributed by atoms with Crippen molar-refractivity contribution in [3.63, 3.8) is 0 Å². The molecular formula is C23H24ClN3O3S2. The average Bonchev–Trinajstić information content (AvgIpc) is 3.33. The zero-order valence-corrected chi connectivity index (χ0v) is 19.7. The van der Waals surface area contributed by atoms with Gasteiger partial charge in [0.1, 0.15) is 0 Å². The first-order valence-electron chi connectivity index (χ1n) is 10.3. The normalized spacial score (nSPS) is 16.5. The number of carbonyl (C=O) groups is 1. The van der Waals surface area contributed by atoms with Crippen LogP contribution in [0.25, 0.3) is 0 Å². The second-order valence-corrected chi connectivity index (χ2v) is 10.9. The molecule has 0 saturated carbocycles. The number of piperazine rings is 1. The Morgan fingerprint density at radius 2 is 1.66 bits per heavy atom. The largest absolute Gasteiger partial charge is 0.343 e. The van der Waals surface area contributed by atoms with E-state index in [2.05, 4.69) is 5.32 Å². The highest BCUT2D eigenvalue weighted by Crippen LogP contribution is 2.26. The number of nitrogens with one attached hydrogen (secondary N) is 1. The first-order valence-corrected chi connectivity index (χ1v) is 13.0. The quantitative estimate of drug-likeness (QED) is 0.550. The van der Waals surface area contributed by atoms with Gasteiger partial charge in [-0.05, 0) is 41.3 Å². The molecule has 2 heterocycles. The molecule has 0 bridgehead atoms. The lowest BCUT2D eigenvalue weighted by Gasteiger charge is -2.33. The number of amides is 1. The molecule has 1 aliphatic rings. The molecule has 2 aromatic carbocycles. The molecule has 6 nitrogen and oxygen atoms in total. The summed E-state index contributed by atoms with van der Waals surface area (Å²) in [6.07, 6.45) is 0. The fourth-order valence-corrected chi connectivity index (χ4v) is 6.06. The van der Waals surface area contributed by atoms with Gasteiger partial charge in [0, 0.05) is 36.1 Å². The third-order valence-electron chi connectivity index (χ3n) is 5.42. The molecule has 1 aromatic heterocycles. The van der Waals surface area contributed by atoms with Crippen molar-refractivity contribution in [2.75, 3.05) is 32.7 Å². The van der Waals surface area contributed by atoms with Crippen LogP contribution in [-0.4, -0.2) is 56.3 Å². The predicted molar refractivity (Wildman–Crippen MR) is 127 cm³/mol. The number of carbonyl (C=O) groups excluding carboxylic acids is 1. The maximum atomic E-state index is 12.8. The zero-order valence-electron chi connectivity index (χ0n) is 17.4. The number of rotatable bonds is 7. The number of halogens is 1. The molecule has 9 heteroatoms. The van der Waals surface area contributed by atoms with Gasteiger partial charge in [0.2, 0.25) is 15.9 Å². The lowest BCUT2D eigenvalue weighted by Crippen LogP contribution is -2.51. The summed E-state index contributed by atoms with van der Waals surface area (Å²) < 4.78 is 27.2. The Morgan fingerprint density at radius 1 is 0.969 bits per heavy atom. The van der Waals surface area contributed by atoms with Gasteiger partial charge in [-0.1, -0.05) is 48.0 Å². The molecule has 1 amide bonds. The van der Waals surface area contributed by atoms with Gasteiger partial charge in [0.15, 0.2) is 0 Å². The Labute approximate surface area is 197 Å². The minimum absolute atomic E-state index is 0.0822. The standard InChI is InChI=1S/C23H24ClN3O3S2/c24-19-8-10-20(11-9-19)32(29,30)27-14-12-26(13-15-27)17-22(28)25-23(21-7-4-16-31-21)18-5-2-1-3-6-18/h1-11,16,23H,12-15,17H2,(H,25,28). The SMILES string of the molecule is O=C(CN1CCN(S(=O)(=O)c2ccc(Cl)cc2)CC1)NC(c1ccccc1)c1cccs1. The fraction of sp³-hybridized carbons (Fsp3) is 0.261. The molecule has 32 heavy (non-hydrogen) atoms. The number of thiophene rings is 1. The molecule has 3 aromatic rings. The predicted octanol–water partition coefficient (Wildman–Crippen LogP) is 3.61. The third-order valence-corrected chi connectivity index (χ3v) is 8.52. The number of benzene rings is 2. The van der Waals surface area contributed by atoms with Crippen LogP contribution >= 0.6 is 22.9 Å². The van der Waals surface area contributed by atoms with Crippen molar-refractivity contribution >= 4 is 38.9 Å². The molecule has 1 atom stereocenters. The van der Waals surface area contributed by atoms with Gasteiger partial charge < -0.3 is 5.32 Å². The van der Waals surface area contributed by atoms with Crippen LogP contribution in [0.4, 0.5) is 0 Å². The Balaban J connectivity index is 1.35. The molecule has 0 radical (unpaired) electrons. The lowest BCUT2D eigenvalue weighted by atomic mass is 10.1. The van der Waals surface area contributed by atoms with E-state index in [-0.39, 0.29) is 23.4 Å². The van der Waals surface area contributed by atoms with Gasteiger partial charge in [-0.2, -0.15) is 4.31 Å². The Hall–Kier alpha value is -2.23. The van der Waals surface area contributed by atoms with Crippen molar-refractivity contribution in [1.82, 2.24) is 14.5 Å². The van der Waals surface area contributed by atoms with E-state index in [1.807, 2.05) is 52.7 Å². The molecule has 0 spiro atoms. The van der Waals surface area contributed by atoms with E-state index < -0.39 is 10.0 Å². The summed E-state index contributed by atoms with van der Waals surface area (Å²) in [6.45, 7) is 1.89.